The van der Waals surface area contributed by atoms with E-state index in [1.165, 1.54) is 25.3 Å². The Balaban J connectivity index is 1.74. The molecule has 4 aliphatic carbocycles. The fraction of sp³-hybridized carbons (Fsp3) is 0.579. The van der Waals surface area contributed by atoms with E-state index in [9.17, 15) is 19.8 Å². The summed E-state index contributed by atoms with van der Waals surface area (Å²) in [6.45, 7) is 0. The van der Waals surface area contributed by atoms with Crippen LogP contribution in [0.15, 0.2) is 18.2 Å². The van der Waals surface area contributed by atoms with Crippen LogP contribution >= 0.6 is 0 Å². The van der Waals surface area contributed by atoms with Gasteiger partial charge in [0.2, 0.25) is 0 Å². The van der Waals surface area contributed by atoms with E-state index in [0.717, 1.165) is 37.0 Å². The molecule has 4 heteroatoms. The molecule has 0 amide bonds. The third-order valence-corrected chi connectivity index (χ3v) is 6.35. The first-order chi connectivity index (χ1) is 11.0. The molecule has 5 rings (SSSR count). The normalized spacial score (nSPS) is 34.5. The van der Waals surface area contributed by atoms with Gasteiger partial charge in [-0.25, -0.2) is 9.59 Å². The van der Waals surface area contributed by atoms with Gasteiger partial charge in [-0.3, -0.25) is 0 Å². The second kappa shape index (κ2) is 5.08. The predicted molar refractivity (Wildman–Crippen MR) is 84.7 cm³/mol. The first-order valence-corrected chi connectivity index (χ1v) is 8.54. The second-order valence-electron chi connectivity index (χ2n) is 8.04. The largest absolute Gasteiger partial charge is 0.478 e. The van der Waals surface area contributed by atoms with Gasteiger partial charge in [0.25, 0.3) is 0 Å². The Morgan fingerprint density at radius 3 is 1.74 bits per heavy atom. The van der Waals surface area contributed by atoms with Crippen LogP contribution in [0.4, 0.5) is 0 Å². The third kappa shape index (κ3) is 2.44. The Labute approximate surface area is 135 Å². The minimum Gasteiger partial charge on any atom is -0.478 e. The summed E-state index contributed by atoms with van der Waals surface area (Å²) in [5.41, 5.74) is 1.00. The van der Waals surface area contributed by atoms with Crippen molar-refractivity contribution in [3.8, 4) is 0 Å². The lowest BCUT2D eigenvalue weighted by molar-refractivity contribution is -0.0523. The average molecular weight is 314 g/mol. The molecule has 4 fully saturated rings. The summed E-state index contributed by atoms with van der Waals surface area (Å²) in [6, 6.07) is 4.63. The van der Waals surface area contributed by atoms with Gasteiger partial charge in [0, 0.05) is 0 Å². The highest BCUT2D eigenvalue weighted by Gasteiger charge is 2.51. The van der Waals surface area contributed by atoms with Crippen molar-refractivity contribution in [3.63, 3.8) is 0 Å². The number of hydrogen-bond donors (Lipinski definition) is 2. The molecule has 0 atom stereocenters. The summed E-state index contributed by atoms with van der Waals surface area (Å²) in [4.78, 5) is 23.2. The van der Waals surface area contributed by atoms with Crippen LogP contribution in [0.25, 0.3) is 0 Å². The third-order valence-electron chi connectivity index (χ3n) is 6.35. The lowest BCUT2D eigenvalue weighted by Gasteiger charge is -2.57. The van der Waals surface area contributed by atoms with E-state index < -0.39 is 11.9 Å². The van der Waals surface area contributed by atoms with Gasteiger partial charge in [0.15, 0.2) is 0 Å². The molecule has 4 saturated carbocycles. The maximum Gasteiger partial charge on any atom is 0.335 e. The van der Waals surface area contributed by atoms with E-state index in [4.69, 9.17) is 0 Å². The molecule has 0 heterocycles. The Morgan fingerprint density at radius 2 is 1.35 bits per heavy atom. The summed E-state index contributed by atoms with van der Waals surface area (Å²) in [5, 5.41) is 19.0. The SMILES string of the molecule is O=C(O)c1cccc(C(=O)O)c1CC12CC3CC(CC(C3)C1)C2. The molecule has 4 aliphatic rings. The highest BCUT2D eigenvalue weighted by atomic mass is 16.4. The van der Waals surface area contributed by atoms with Crippen molar-refractivity contribution in [2.75, 3.05) is 0 Å². The Bertz CT molecular complexity index is 608. The van der Waals surface area contributed by atoms with Crippen LogP contribution in [-0.4, -0.2) is 22.2 Å². The van der Waals surface area contributed by atoms with Crippen LogP contribution in [0.1, 0.15) is 64.8 Å². The monoisotopic (exact) mass is 314 g/mol. The molecular formula is C19H22O4. The first-order valence-electron chi connectivity index (χ1n) is 8.54. The highest BCUT2D eigenvalue weighted by Crippen LogP contribution is 2.61. The first kappa shape index (κ1) is 14.7. The molecule has 0 saturated heterocycles. The zero-order valence-electron chi connectivity index (χ0n) is 13.1. The topological polar surface area (TPSA) is 74.6 Å². The van der Waals surface area contributed by atoms with Crippen molar-refractivity contribution in [1.82, 2.24) is 0 Å². The molecule has 4 bridgehead atoms. The smallest absolute Gasteiger partial charge is 0.335 e. The van der Waals surface area contributed by atoms with Crippen LogP contribution < -0.4 is 0 Å². The summed E-state index contributed by atoms with van der Waals surface area (Å²) in [6.07, 6.45) is 8.02. The standard InChI is InChI=1S/C19H22O4/c20-17(21)14-2-1-3-15(18(22)23)16(14)10-19-7-11-4-12(8-19)6-13(5-11)9-19/h1-3,11-13H,4-10H2,(H,20,21)(H,22,23). The number of rotatable bonds is 4. The minimum atomic E-state index is -1.02. The van der Waals surface area contributed by atoms with Crippen LogP contribution in [0, 0.1) is 23.2 Å². The zero-order chi connectivity index (χ0) is 16.2. The van der Waals surface area contributed by atoms with Crippen LogP contribution in [-0.2, 0) is 6.42 Å². The van der Waals surface area contributed by atoms with E-state index in [2.05, 4.69) is 0 Å². The van der Waals surface area contributed by atoms with Gasteiger partial charge in [0.1, 0.15) is 0 Å². The van der Waals surface area contributed by atoms with Crippen LogP contribution in [0.3, 0.4) is 0 Å². The molecule has 0 aliphatic heterocycles. The summed E-state index contributed by atoms with van der Waals surface area (Å²) in [5.74, 6) is 0.269. The van der Waals surface area contributed by atoms with Crippen molar-refractivity contribution in [2.45, 2.75) is 44.9 Å². The predicted octanol–water partition coefficient (Wildman–Crippen LogP) is 3.84. The Morgan fingerprint density at radius 1 is 0.913 bits per heavy atom. The summed E-state index contributed by atoms with van der Waals surface area (Å²) < 4.78 is 0. The molecule has 0 aromatic heterocycles. The number of carbonyl (C=O) groups is 2. The highest BCUT2D eigenvalue weighted by molar-refractivity contribution is 5.96. The fourth-order valence-electron chi connectivity index (χ4n) is 6.06. The van der Waals surface area contributed by atoms with E-state index in [-0.39, 0.29) is 16.5 Å². The van der Waals surface area contributed by atoms with Gasteiger partial charge in [-0.1, -0.05) is 6.07 Å². The minimum absolute atomic E-state index is 0.129. The molecule has 2 N–H and O–H groups in total. The Kier molecular flexibility index (Phi) is 3.26. The van der Waals surface area contributed by atoms with Crippen molar-refractivity contribution in [3.05, 3.63) is 34.9 Å². The lowest BCUT2D eigenvalue weighted by Crippen LogP contribution is -2.47. The maximum atomic E-state index is 11.6. The number of aromatic carboxylic acids is 2. The van der Waals surface area contributed by atoms with Crippen molar-refractivity contribution in [1.29, 1.82) is 0 Å². The number of carboxylic acids is 2. The molecule has 23 heavy (non-hydrogen) atoms. The number of carboxylic acid groups (broad SMARTS) is 2. The molecule has 0 unspecified atom stereocenters. The lowest BCUT2D eigenvalue weighted by atomic mass is 9.48. The Hall–Kier alpha value is -1.84. The van der Waals surface area contributed by atoms with Gasteiger partial charge >= 0.3 is 11.9 Å². The second-order valence-corrected chi connectivity index (χ2v) is 8.04. The molecule has 122 valence electrons. The zero-order valence-corrected chi connectivity index (χ0v) is 13.1. The van der Waals surface area contributed by atoms with Gasteiger partial charge in [-0.15, -0.1) is 0 Å². The fourth-order valence-corrected chi connectivity index (χ4v) is 6.06. The molecule has 0 spiro atoms. The molecule has 4 nitrogen and oxygen atoms in total. The van der Waals surface area contributed by atoms with Gasteiger partial charge in [-0.05, 0) is 85.8 Å². The number of hydrogen-bond acceptors (Lipinski definition) is 2. The maximum absolute atomic E-state index is 11.6. The van der Waals surface area contributed by atoms with Crippen LogP contribution in [0.5, 0.6) is 0 Å². The van der Waals surface area contributed by atoms with E-state index >= 15 is 0 Å². The molecule has 0 radical (unpaired) electrons. The van der Waals surface area contributed by atoms with E-state index in [0.29, 0.717) is 12.0 Å². The average Bonchev–Trinajstić information content (AvgIpc) is 2.44. The van der Waals surface area contributed by atoms with Gasteiger partial charge < -0.3 is 10.2 Å². The van der Waals surface area contributed by atoms with Gasteiger partial charge in [-0.2, -0.15) is 0 Å². The molecule has 1 aromatic carbocycles. The van der Waals surface area contributed by atoms with Crippen molar-refractivity contribution in [2.24, 2.45) is 23.2 Å². The van der Waals surface area contributed by atoms with Crippen LogP contribution in [0.2, 0.25) is 0 Å². The molecular weight excluding hydrogens is 292 g/mol. The van der Waals surface area contributed by atoms with Crippen molar-refractivity contribution >= 4 is 11.9 Å². The quantitative estimate of drug-likeness (QED) is 0.885. The van der Waals surface area contributed by atoms with Gasteiger partial charge in [0.05, 0.1) is 11.1 Å². The summed E-state index contributed by atoms with van der Waals surface area (Å²) in [7, 11) is 0. The van der Waals surface area contributed by atoms with E-state index in [1.807, 2.05) is 0 Å². The number of benzene rings is 1. The van der Waals surface area contributed by atoms with Crippen molar-refractivity contribution < 1.29 is 19.8 Å². The summed E-state index contributed by atoms with van der Waals surface area (Å²) >= 11 is 0. The van der Waals surface area contributed by atoms with E-state index in [1.54, 1.807) is 12.1 Å². The molecule has 1 aromatic rings.